The lowest BCUT2D eigenvalue weighted by Crippen LogP contribution is -2.13. The van der Waals surface area contributed by atoms with Crippen molar-refractivity contribution in [1.29, 1.82) is 0 Å². The van der Waals surface area contributed by atoms with Gasteiger partial charge in [0.1, 0.15) is 11.9 Å². The van der Waals surface area contributed by atoms with Crippen molar-refractivity contribution in [1.82, 2.24) is 0 Å². The Kier molecular flexibility index (Phi) is 5.68. The third-order valence-corrected chi connectivity index (χ3v) is 5.56. The Labute approximate surface area is 144 Å². The topological polar surface area (TPSA) is 9.23 Å². The zero-order chi connectivity index (χ0) is 16.9. The Bertz CT molecular complexity index is 641. The molecule has 0 radical (unpaired) electrons. The number of methoxy groups -OCH3 is 1. The highest BCUT2D eigenvalue weighted by atomic mass is 19.1. The van der Waals surface area contributed by atoms with E-state index in [4.69, 9.17) is 4.74 Å². The normalized spacial score (nSPS) is 22.3. The van der Waals surface area contributed by atoms with Crippen LogP contribution in [0.25, 0.3) is 0 Å². The van der Waals surface area contributed by atoms with Gasteiger partial charge in [0.2, 0.25) is 0 Å². The molecule has 1 saturated carbocycles. The number of rotatable bonds is 5. The highest BCUT2D eigenvalue weighted by Crippen LogP contribution is 2.37. The molecule has 128 valence electrons. The van der Waals surface area contributed by atoms with Crippen LogP contribution in [0.5, 0.6) is 0 Å². The minimum atomic E-state index is -0.351. The molecule has 24 heavy (non-hydrogen) atoms. The van der Waals surface area contributed by atoms with E-state index in [0.29, 0.717) is 11.5 Å². The van der Waals surface area contributed by atoms with E-state index in [2.05, 4.69) is 31.2 Å². The summed E-state index contributed by atoms with van der Waals surface area (Å²) in [5, 5.41) is 0. The first-order chi connectivity index (χ1) is 11.7. The predicted octanol–water partition coefficient (Wildman–Crippen LogP) is 6.25. The maximum Gasteiger partial charge on any atom is 0.129 e. The van der Waals surface area contributed by atoms with Crippen molar-refractivity contribution in [3.8, 4) is 0 Å². The molecule has 0 N–H and O–H groups in total. The third-order valence-electron chi connectivity index (χ3n) is 5.56. The van der Waals surface area contributed by atoms with E-state index >= 15 is 0 Å². The van der Waals surface area contributed by atoms with Gasteiger partial charge < -0.3 is 4.74 Å². The molecule has 0 spiro atoms. The van der Waals surface area contributed by atoms with Gasteiger partial charge in [-0.15, -0.1) is 0 Å². The van der Waals surface area contributed by atoms with E-state index < -0.39 is 0 Å². The van der Waals surface area contributed by atoms with Crippen molar-refractivity contribution < 1.29 is 9.13 Å². The van der Waals surface area contributed by atoms with Gasteiger partial charge in [0.05, 0.1) is 0 Å². The van der Waals surface area contributed by atoms with Crippen LogP contribution in [-0.4, -0.2) is 7.11 Å². The van der Waals surface area contributed by atoms with Crippen molar-refractivity contribution in [2.75, 3.05) is 7.11 Å². The Hall–Kier alpha value is -1.67. The average molecular weight is 326 g/mol. The minimum absolute atomic E-state index is 0.216. The Morgan fingerprint density at radius 3 is 2.25 bits per heavy atom. The zero-order valence-electron chi connectivity index (χ0n) is 14.7. The molecule has 1 aliphatic rings. The van der Waals surface area contributed by atoms with Crippen molar-refractivity contribution in [3.63, 3.8) is 0 Å². The van der Waals surface area contributed by atoms with E-state index in [0.717, 1.165) is 11.5 Å². The van der Waals surface area contributed by atoms with E-state index in [1.165, 1.54) is 43.7 Å². The van der Waals surface area contributed by atoms with Gasteiger partial charge in [-0.1, -0.05) is 55.8 Å². The van der Waals surface area contributed by atoms with E-state index in [1.54, 1.807) is 19.2 Å². The molecule has 0 aliphatic heterocycles. The maximum atomic E-state index is 14.1. The van der Waals surface area contributed by atoms with Gasteiger partial charge in [-0.3, -0.25) is 0 Å². The Balaban J connectivity index is 1.75. The van der Waals surface area contributed by atoms with Gasteiger partial charge in [-0.2, -0.15) is 0 Å². The lowest BCUT2D eigenvalue weighted by molar-refractivity contribution is 0.133. The monoisotopic (exact) mass is 326 g/mol. The van der Waals surface area contributed by atoms with Gasteiger partial charge in [0.15, 0.2) is 0 Å². The van der Waals surface area contributed by atoms with E-state index in [-0.39, 0.29) is 11.9 Å². The maximum absolute atomic E-state index is 14.1. The largest absolute Gasteiger partial charge is 0.372 e. The van der Waals surface area contributed by atoms with Gasteiger partial charge in [-0.25, -0.2) is 4.39 Å². The summed E-state index contributed by atoms with van der Waals surface area (Å²) in [7, 11) is 1.64. The summed E-state index contributed by atoms with van der Waals surface area (Å²) in [5.74, 6) is 1.38. The number of ether oxygens (including phenoxy) is 1. The SMILES string of the molecule is CCC1CCC(c2ccc(C(OC)c3ccccc3F)cc2)CC1. The molecule has 0 heterocycles. The van der Waals surface area contributed by atoms with Crippen molar-refractivity contribution in [3.05, 3.63) is 71.0 Å². The fraction of sp³-hybridized carbons (Fsp3) is 0.455. The Morgan fingerprint density at radius 2 is 1.67 bits per heavy atom. The van der Waals surface area contributed by atoms with Gasteiger partial charge in [-0.05, 0) is 54.7 Å². The molecule has 1 fully saturated rings. The number of halogens is 1. The second-order valence-electron chi connectivity index (χ2n) is 6.93. The molecule has 0 saturated heterocycles. The Morgan fingerprint density at radius 1 is 1.00 bits per heavy atom. The number of hydrogen-bond donors (Lipinski definition) is 0. The van der Waals surface area contributed by atoms with Crippen LogP contribution in [0, 0.1) is 11.7 Å². The third kappa shape index (κ3) is 3.70. The van der Waals surface area contributed by atoms with E-state index in [1.807, 2.05) is 6.07 Å². The first kappa shape index (κ1) is 17.2. The molecule has 1 nitrogen and oxygen atoms in total. The second kappa shape index (κ2) is 7.94. The first-order valence-electron chi connectivity index (χ1n) is 9.10. The van der Waals surface area contributed by atoms with Crippen LogP contribution in [0.3, 0.4) is 0 Å². The fourth-order valence-corrected chi connectivity index (χ4v) is 3.98. The second-order valence-corrected chi connectivity index (χ2v) is 6.93. The standard InChI is InChI=1S/C22H27FO/c1-3-16-8-10-17(11-9-16)18-12-14-19(15-13-18)22(24-2)20-6-4-5-7-21(20)23/h4-7,12-17,22H,3,8-11H2,1-2H3. The smallest absolute Gasteiger partial charge is 0.129 e. The van der Waals surface area contributed by atoms with E-state index in [9.17, 15) is 4.39 Å². The molecule has 2 aromatic rings. The van der Waals surface area contributed by atoms with Crippen LogP contribution in [0.2, 0.25) is 0 Å². The molecule has 0 aromatic heterocycles. The summed E-state index contributed by atoms with van der Waals surface area (Å²) in [6, 6.07) is 15.5. The number of benzene rings is 2. The quantitative estimate of drug-likeness (QED) is 0.631. The van der Waals surface area contributed by atoms with Crippen molar-refractivity contribution in [2.24, 2.45) is 5.92 Å². The van der Waals surface area contributed by atoms with Crippen LogP contribution < -0.4 is 0 Å². The summed E-state index contributed by atoms with van der Waals surface area (Å²) in [4.78, 5) is 0. The average Bonchev–Trinajstić information content (AvgIpc) is 2.64. The van der Waals surface area contributed by atoms with Gasteiger partial charge in [0.25, 0.3) is 0 Å². The molecule has 1 unspecified atom stereocenters. The lowest BCUT2D eigenvalue weighted by Gasteiger charge is -2.28. The van der Waals surface area contributed by atoms with Crippen LogP contribution in [0.4, 0.5) is 4.39 Å². The number of hydrogen-bond acceptors (Lipinski definition) is 1. The predicted molar refractivity (Wildman–Crippen MR) is 96.7 cm³/mol. The van der Waals surface area contributed by atoms with Gasteiger partial charge >= 0.3 is 0 Å². The molecule has 3 rings (SSSR count). The summed E-state index contributed by atoms with van der Waals surface area (Å²) >= 11 is 0. The fourth-order valence-electron chi connectivity index (χ4n) is 3.98. The zero-order valence-corrected chi connectivity index (χ0v) is 14.7. The van der Waals surface area contributed by atoms with Crippen LogP contribution in [0.15, 0.2) is 48.5 Å². The summed E-state index contributed by atoms with van der Waals surface area (Å²) < 4.78 is 19.6. The molecule has 0 amide bonds. The lowest BCUT2D eigenvalue weighted by atomic mass is 9.77. The molecule has 2 heteroatoms. The van der Waals surface area contributed by atoms with Crippen molar-refractivity contribution >= 4 is 0 Å². The highest BCUT2D eigenvalue weighted by molar-refractivity contribution is 5.34. The minimum Gasteiger partial charge on any atom is -0.372 e. The van der Waals surface area contributed by atoms with Crippen molar-refractivity contribution in [2.45, 2.75) is 51.0 Å². The van der Waals surface area contributed by atoms with Crippen LogP contribution in [-0.2, 0) is 4.74 Å². The summed E-state index contributed by atoms with van der Waals surface area (Å²) in [6.45, 7) is 2.30. The summed E-state index contributed by atoms with van der Waals surface area (Å²) in [5.41, 5.74) is 3.02. The van der Waals surface area contributed by atoms with Gasteiger partial charge in [0, 0.05) is 12.7 Å². The highest BCUT2D eigenvalue weighted by Gasteiger charge is 2.22. The molecule has 1 aliphatic carbocycles. The first-order valence-corrected chi connectivity index (χ1v) is 9.10. The molecular formula is C22H27FO. The molecular weight excluding hydrogens is 299 g/mol. The molecule has 2 aromatic carbocycles. The molecule has 1 atom stereocenters. The summed E-state index contributed by atoms with van der Waals surface area (Å²) in [6.07, 6.45) is 6.23. The molecule has 0 bridgehead atoms. The van der Waals surface area contributed by atoms with Crippen LogP contribution in [0.1, 0.15) is 67.7 Å². The van der Waals surface area contributed by atoms with Crippen LogP contribution >= 0.6 is 0 Å².